The van der Waals surface area contributed by atoms with E-state index >= 15 is 0 Å². The molecule has 0 heterocycles. The normalized spacial score (nSPS) is 13.1. The summed E-state index contributed by atoms with van der Waals surface area (Å²) in [6.45, 7) is 16.0. The van der Waals surface area contributed by atoms with Crippen molar-refractivity contribution >= 4 is 27.5 Å². The number of nitrogens with one attached hydrogen (secondary N) is 2. The van der Waals surface area contributed by atoms with E-state index in [0.29, 0.717) is 29.9 Å². The number of benzene rings is 2. The van der Waals surface area contributed by atoms with Gasteiger partial charge in [-0.3, -0.25) is 9.59 Å². The second kappa shape index (κ2) is 11.4. The largest absolute Gasteiger partial charge is 0.340 e. The Hall–Kier alpha value is -2.71. The van der Waals surface area contributed by atoms with Crippen molar-refractivity contribution in [1.29, 1.82) is 0 Å². The molecule has 0 aromatic heterocycles. The highest BCUT2D eigenvalue weighted by Gasteiger charge is 2.27. The van der Waals surface area contributed by atoms with Crippen molar-refractivity contribution in [3.8, 4) is 0 Å². The van der Waals surface area contributed by atoms with Crippen LogP contribution in [-0.4, -0.2) is 43.7 Å². The molecule has 0 spiro atoms. The summed E-state index contributed by atoms with van der Waals surface area (Å²) in [5.74, 6) is -0.931. The molecule has 0 radical (unpaired) electrons. The fraction of sp³-hybridized carbons (Fsp3) is 0.481. The molecule has 0 fully saturated rings. The van der Waals surface area contributed by atoms with E-state index in [9.17, 15) is 18.0 Å². The average Bonchev–Trinajstić information content (AvgIpc) is 2.78. The van der Waals surface area contributed by atoms with Gasteiger partial charge in [0.15, 0.2) is 0 Å². The molecule has 192 valence electrons. The first-order valence-corrected chi connectivity index (χ1v) is 13.5. The van der Waals surface area contributed by atoms with Gasteiger partial charge >= 0.3 is 0 Å². The number of anilines is 1. The topological polar surface area (TPSA) is 95.6 Å². The summed E-state index contributed by atoms with van der Waals surface area (Å²) in [7, 11) is -3.68. The van der Waals surface area contributed by atoms with E-state index in [4.69, 9.17) is 0 Å². The van der Waals surface area contributed by atoms with Gasteiger partial charge in [-0.15, -0.1) is 0 Å². The van der Waals surface area contributed by atoms with E-state index in [1.165, 1.54) is 10.4 Å². The summed E-state index contributed by atoms with van der Waals surface area (Å²) >= 11 is 0. The molecular weight excluding hydrogens is 462 g/mol. The van der Waals surface area contributed by atoms with Crippen LogP contribution in [0.15, 0.2) is 47.4 Å². The van der Waals surface area contributed by atoms with Crippen molar-refractivity contribution in [1.82, 2.24) is 9.62 Å². The molecule has 0 saturated carbocycles. The lowest BCUT2D eigenvalue weighted by Crippen LogP contribution is -2.47. The van der Waals surface area contributed by atoms with Gasteiger partial charge in [0.25, 0.3) is 5.91 Å². The first-order valence-electron chi connectivity index (χ1n) is 12.0. The van der Waals surface area contributed by atoms with Gasteiger partial charge in [-0.1, -0.05) is 66.7 Å². The number of hydrogen-bond donors (Lipinski definition) is 2. The summed E-state index contributed by atoms with van der Waals surface area (Å²) in [6.07, 6.45) is 0. The highest BCUT2D eigenvalue weighted by molar-refractivity contribution is 7.89. The molecule has 1 unspecified atom stereocenters. The van der Waals surface area contributed by atoms with Crippen LogP contribution in [0.1, 0.15) is 70.0 Å². The molecule has 2 N–H and O–H groups in total. The zero-order valence-corrected chi connectivity index (χ0v) is 22.9. The van der Waals surface area contributed by atoms with Gasteiger partial charge < -0.3 is 10.6 Å². The summed E-state index contributed by atoms with van der Waals surface area (Å²) < 4.78 is 27.5. The molecule has 1 atom stereocenters. The standard InChI is InChI=1S/C27H39N3O4S/c1-9-30(10-2)35(33,34)23-17-22(16-11-19(23)5)28-26(32)24(18(3)4)29-25(31)20-12-14-21(15-13-20)27(6,7)8/h11-18,24H,9-10H2,1-8H3,(H,28,32)(H,29,31). The molecule has 0 aliphatic heterocycles. The third kappa shape index (κ3) is 6.92. The fourth-order valence-electron chi connectivity index (χ4n) is 3.76. The Labute approximate surface area is 210 Å². The van der Waals surface area contributed by atoms with Crippen LogP contribution in [0.25, 0.3) is 0 Å². The molecule has 8 heteroatoms. The molecule has 2 rings (SSSR count). The van der Waals surface area contributed by atoms with Crippen LogP contribution in [0.5, 0.6) is 0 Å². The summed E-state index contributed by atoms with van der Waals surface area (Å²) in [6, 6.07) is 11.4. The fourth-order valence-corrected chi connectivity index (χ4v) is 5.47. The number of carbonyl (C=O) groups is 2. The van der Waals surface area contributed by atoms with Gasteiger partial charge in [-0.2, -0.15) is 4.31 Å². The molecule has 0 bridgehead atoms. The van der Waals surface area contributed by atoms with E-state index in [0.717, 1.165) is 5.56 Å². The molecule has 0 aliphatic carbocycles. The number of rotatable bonds is 9. The zero-order valence-electron chi connectivity index (χ0n) is 22.1. The molecule has 2 aromatic carbocycles. The number of carbonyl (C=O) groups excluding carboxylic acids is 2. The van der Waals surface area contributed by atoms with Crippen molar-refractivity contribution in [2.24, 2.45) is 5.92 Å². The van der Waals surface area contributed by atoms with Crippen molar-refractivity contribution in [3.63, 3.8) is 0 Å². The third-order valence-corrected chi connectivity index (χ3v) is 8.22. The van der Waals surface area contributed by atoms with E-state index in [1.807, 2.05) is 26.0 Å². The van der Waals surface area contributed by atoms with Crippen LogP contribution in [-0.2, 0) is 20.2 Å². The van der Waals surface area contributed by atoms with Crippen LogP contribution in [0.3, 0.4) is 0 Å². The van der Waals surface area contributed by atoms with Gasteiger partial charge in [0.05, 0.1) is 4.90 Å². The van der Waals surface area contributed by atoms with Crippen LogP contribution < -0.4 is 10.6 Å². The summed E-state index contributed by atoms with van der Waals surface area (Å²) in [4.78, 5) is 26.1. The Morgan fingerprint density at radius 3 is 2.03 bits per heavy atom. The second-order valence-electron chi connectivity index (χ2n) is 10.1. The summed E-state index contributed by atoms with van der Waals surface area (Å²) in [5, 5.41) is 5.61. The van der Waals surface area contributed by atoms with Gasteiger partial charge in [0.1, 0.15) is 6.04 Å². The van der Waals surface area contributed by atoms with Gasteiger partial charge in [0.2, 0.25) is 15.9 Å². The van der Waals surface area contributed by atoms with E-state index in [1.54, 1.807) is 45.0 Å². The van der Waals surface area contributed by atoms with E-state index in [-0.39, 0.29) is 22.1 Å². The molecule has 35 heavy (non-hydrogen) atoms. The lowest BCUT2D eigenvalue weighted by atomic mass is 9.86. The van der Waals surface area contributed by atoms with Crippen LogP contribution in [0.4, 0.5) is 5.69 Å². The number of aryl methyl sites for hydroxylation is 1. The molecule has 7 nitrogen and oxygen atoms in total. The lowest BCUT2D eigenvalue weighted by molar-refractivity contribution is -0.118. The van der Waals surface area contributed by atoms with Crippen LogP contribution >= 0.6 is 0 Å². The summed E-state index contributed by atoms with van der Waals surface area (Å²) in [5.41, 5.74) is 2.52. The first kappa shape index (κ1) is 28.5. The second-order valence-corrected chi connectivity index (χ2v) is 12.0. The predicted octanol–water partition coefficient (Wildman–Crippen LogP) is 4.72. The number of amides is 2. The van der Waals surface area contributed by atoms with Crippen molar-refractivity contribution < 1.29 is 18.0 Å². The molecule has 2 aromatic rings. The minimum absolute atomic E-state index is 0.0268. The SMILES string of the molecule is CCN(CC)S(=O)(=O)c1cc(NC(=O)C(NC(=O)c2ccc(C(C)(C)C)cc2)C(C)C)ccc1C. The number of sulfonamides is 1. The van der Waals surface area contributed by atoms with E-state index < -0.39 is 22.0 Å². The average molecular weight is 502 g/mol. The molecular formula is C27H39N3O4S. The number of hydrogen-bond acceptors (Lipinski definition) is 4. The first-order chi connectivity index (χ1) is 16.2. The number of nitrogens with zero attached hydrogens (tertiary/aromatic N) is 1. The minimum atomic E-state index is -3.68. The van der Waals surface area contributed by atoms with Crippen molar-refractivity contribution in [2.45, 2.75) is 71.7 Å². The third-order valence-electron chi connectivity index (χ3n) is 6.03. The quantitative estimate of drug-likeness (QED) is 0.520. The Kier molecular flexibility index (Phi) is 9.25. The molecule has 0 saturated heterocycles. The Bertz CT molecular complexity index is 1150. The highest BCUT2D eigenvalue weighted by atomic mass is 32.2. The monoisotopic (exact) mass is 501 g/mol. The Morgan fingerprint density at radius 2 is 1.54 bits per heavy atom. The van der Waals surface area contributed by atoms with E-state index in [2.05, 4.69) is 31.4 Å². The van der Waals surface area contributed by atoms with Crippen molar-refractivity contribution in [2.75, 3.05) is 18.4 Å². The van der Waals surface area contributed by atoms with Crippen molar-refractivity contribution in [3.05, 3.63) is 59.2 Å². The maximum Gasteiger partial charge on any atom is 0.251 e. The highest BCUT2D eigenvalue weighted by Crippen LogP contribution is 2.25. The maximum absolute atomic E-state index is 13.1. The molecule has 0 aliphatic rings. The van der Waals surface area contributed by atoms with Gasteiger partial charge in [-0.05, 0) is 53.6 Å². The van der Waals surface area contributed by atoms with Crippen LogP contribution in [0, 0.1) is 12.8 Å². The Morgan fingerprint density at radius 1 is 0.971 bits per heavy atom. The zero-order chi connectivity index (χ0) is 26.6. The lowest BCUT2D eigenvalue weighted by Gasteiger charge is -2.23. The van der Waals surface area contributed by atoms with Gasteiger partial charge in [0, 0.05) is 24.3 Å². The minimum Gasteiger partial charge on any atom is -0.340 e. The predicted molar refractivity (Wildman–Crippen MR) is 141 cm³/mol. The van der Waals surface area contributed by atoms with Gasteiger partial charge in [-0.25, -0.2) is 8.42 Å². The smallest absolute Gasteiger partial charge is 0.251 e. The van der Waals surface area contributed by atoms with Crippen LogP contribution in [0.2, 0.25) is 0 Å². The maximum atomic E-state index is 13.1. The molecule has 2 amide bonds. The Balaban J connectivity index is 2.24.